The van der Waals surface area contributed by atoms with Gasteiger partial charge < -0.3 is 9.67 Å². The molecule has 0 aliphatic heterocycles. The maximum Gasteiger partial charge on any atom is 0.307 e. The number of hydrogen-bond acceptors (Lipinski definition) is 1. The van der Waals surface area contributed by atoms with Gasteiger partial charge in [-0.15, -0.1) is 6.58 Å². The molecule has 0 aliphatic carbocycles. The van der Waals surface area contributed by atoms with Crippen molar-refractivity contribution in [2.45, 2.75) is 19.4 Å². The Kier molecular flexibility index (Phi) is 3.28. The fraction of sp³-hybridized carbons (Fsp3) is 0.214. The smallest absolute Gasteiger partial charge is 0.307 e. The molecule has 2 aromatic rings. The number of nitrogens with zero attached hydrogens (tertiary/aromatic N) is 1. The van der Waals surface area contributed by atoms with Gasteiger partial charge in [0.25, 0.3) is 0 Å². The van der Waals surface area contributed by atoms with Crippen LogP contribution >= 0.6 is 0 Å². The zero-order chi connectivity index (χ0) is 12.3. The number of hydrogen-bond donors (Lipinski definition) is 1. The average Bonchev–Trinajstić information content (AvgIpc) is 2.65. The molecular weight excluding hydrogens is 214 g/mol. The van der Waals surface area contributed by atoms with Crippen molar-refractivity contribution in [1.29, 1.82) is 0 Å². The summed E-state index contributed by atoms with van der Waals surface area (Å²) in [7, 11) is 0. The monoisotopic (exact) mass is 229 g/mol. The molecule has 0 saturated heterocycles. The molecule has 0 amide bonds. The zero-order valence-electron chi connectivity index (χ0n) is 9.60. The molecule has 88 valence electrons. The largest absolute Gasteiger partial charge is 0.481 e. The van der Waals surface area contributed by atoms with Gasteiger partial charge in [-0.1, -0.05) is 24.3 Å². The van der Waals surface area contributed by atoms with Crippen molar-refractivity contribution in [2.75, 3.05) is 0 Å². The molecule has 0 bridgehead atoms. The SMILES string of the molecule is C=CCCn1cc(CC(=O)O)c2ccccc21. The van der Waals surface area contributed by atoms with Gasteiger partial charge in [-0.3, -0.25) is 4.79 Å². The van der Waals surface area contributed by atoms with E-state index < -0.39 is 5.97 Å². The van der Waals surface area contributed by atoms with Gasteiger partial charge in [-0.05, 0) is 18.1 Å². The van der Waals surface area contributed by atoms with Crippen LogP contribution in [0.25, 0.3) is 10.9 Å². The fourth-order valence-electron chi connectivity index (χ4n) is 2.04. The number of aliphatic carboxylic acids is 1. The van der Waals surface area contributed by atoms with Crippen molar-refractivity contribution < 1.29 is 9.90 Å². The number of fused-ring (bicyclic) bond motifs is 1. The number of aryl methyl sites for hydroxylation is 1. The van der Waals surface area contributed by atoms with Crippen LogP contribution in [0.15, 0.2) is 43.1 Å². The second kappa shape index (κ2) is 4.87. The van der Waals surface area contributed by atoms with Crippen molar-refractivity contribution in [3.63, 3.8) is 0 Å². The highest BCUT2D eigenvalue weighted by Gasteiger charge is 2.10. The van der Waals surface area contributed by atoms with E-state index in [0.29, 0.717) is 0 Å². The van der Waals surface area contributed by atoms with E-state index in [1.807, 2.05) is 36.5 Å². The Morgan fingerprint density at radius 1 is 1.41 bits per heavy atom. The Hall–Kier alpha value is -2.03. The average molecular weight is 229 g/mol. The molecule has 0 fully saturated rings. The first kappa shape index (κ1) is 11.5. The fourth-order valence-corrected chi connectivity index (χ4v) is 2.04. The molecule has 1 aromatic carbocycles. The molecule has 0 spiro atoms. The molecular formula is C14H15NO2. The molecule has 0 radical (unpaired) electrons. The van der Waals surface area contributed by atoms with Crippen LogP contribution in [0.4, 0.5) is 0 Å². The first-order chi connectivity index (χ1) is 8.22. The lowest BCUT2D eigenvalue weighted by Crippen LogP contribution is -1.99. The third-order valence-corrected chi connectivity index (χ3v) is 2.79. The summed E-state index contributed by atoms with van der Waals surface area (Å²) < 4.78 is 2.09. The van der Waals surface area contributed by atoms with Gasteiger partial charge in [0.15, 0.2) is 0 Å². The quantitative estimate of drug-likeness (QED) is 0.801. The van der Waals surface area contributed by atoms with E-state index in [2.05, 4.69) is 11.1 Å². The van der Waals surface area contributed by atoms with E-state index in [1.165, 1.54) is 0 Å². The molecule has 1 aromatic heterocycles. The Bertz CT molecular complexity index is 554. The van der Waals surface area contributed by atoms with E-state index in [0.717, 1.165) is 29.4 Å². The lowest BCUT2D eigenvalue weighted by molar-refractivity contribution is -0.136. The minimum Gasteiger partial charge on any atom is -0.481 e. The standard InChI is InChI=1S/C14H15NO2/c1-2-3-8-15-10-11(9-14(16)17)12-6-4-5-7-13(12)15/h2,4-7,10H,1,3,8-9H2,(H,16,17). The molecule has 0 saturated carbocycles. The topological polar surface area (TPSA) is 42.2 Å². The van der Waals surface area contributed by atoms with Crippen LogP contribution in [0.1, 0.15) is 12.0 Å². The zero-order valence-corrected chi connectivity index (χ0v) is 9.60. The second-order valence-corrected chi connectivity index (χ2v) is 4.01. The summed E-state index contributed by atoms with van der Waals surface area (Å²) in [5, 5.41) is 9.91. The first-order valence-corrected chi connectivity index (χ1v) is 5.62. The molecule has 0 atom stereocenters. The highest BCUT2D eigenvalue weighted by Crippen LogP contribution is 2.22. The minimum atomic E-state index is -0.795. The summed E-state index contributed by atoms with van der Waals surface area (Å²) in [5.41, 5.74) is 1.96. The van der Waals surface area contributed by atoms with Crippen LogP contribution in [0, 0.1) is 0 Å². The number of carboxylic acid groups (broad SMARTS) is 1. The maximum atomic E-state index is 10.8. The highest BCUT2D eigenvalue weighted by atomic mass is 16.4. The first-order valence-electron chi connectivity index (χ1n) is 5.62. The van der Waals surface area contributed by atoms with E-state index in [9.17, 15) is 4.79 Å². The van der Waals surface area contributed by atoms with Crippen LogP contribution in [0.5, 0.6) is 0 Å². The normalized spacial score (nSPS) is 10.6. The Morgan fingerprint density at radius 2 is 2.18 bits per heavy atom. The van der Waals surface area contributed by atoms with E-state index in [-0.39, 0.29) is 6.42 Å². The number of rotatable bonds is 5. The molecule has 0 unspecified atom stereocenters. The van der Waals surface area contributed by atoms with Crippen LogP contribution < -0.4 is 0 Å². The third-order valence-electron chi connectivity index (χ3n) is 2.79. The number of carbonyl (C=O) groups is 1. The molecule has 2 rings (SSSR count). The lowest BCUT2D eigenvalue weighted by Gasteiger charge is -2.01. The van der Waals surface area contributed by atoms with Gasteiger partial charge in [0, 0.05) is 23.6 Å². The van der Waals surface area contributed by atoms with E-state index in [4.69, 9.17) is 5.11 Å². The van der Waals surface area contributed by atoms with Crippen LogP contribution in [0.2, 0.25) is 0 Å². The Morgan fingerprint density at radius 3 is 2.88 bits per heavy atom. The maximum absolute atomic E-state index is 10.8. The summed E-state index contributed by atoms with van der Waals surface area (Å²) >= 11 is 0. The van der Waals surface area contributed by atoms with Crippen molar-refractivity contribution in [1.82, 2.24) is 4.57 Å². The Labute approximate surface area is 100.0 Å². The van der Waals surface area contributed by atoms with Crippen LogP contribution in [-0.4, -0.2) is 15.6 Å². The number of carboxylic acids is 1. The lowest BCUT2D eigenvalue weighted by atomic mass is 10.1. The third kappa shape index (κ3) is 2.38. The van der Waals surface area contributed by atoms with Crippen molar-refractivity contribution in [2.24, 2.45) is 0 Å². The molecule has 17 heavy (non-hydrogen) atoms. The Balaban J connectivity index is 2.46. The molecule has 3 heteroatoms. The number of para-hydroxylation sites is 1. The summed E-state index contributed by atoms with van der Waals surface area (Å²) in [4.78, 5) is 10.8. The summed E-state index contributed by atoms with van der Waals surface area (Å²) in [6.07, 6.45) is 4.75. The predicted molar refractivity (Wildman–Crippen MR) is 68.1 cm³/mol. The molecule has 1 N–H and O–H groups in total. The van der Waals surface area contributed by atoms with Crippen molar-refractivity contribution in [3.8, 4) is 0 Å². The van der Waals surface area contributed by atoms with Gasteiger partial charge in [0.05, 0.1) is 6.42 Å². The second-order valence-electron chi connectivity index (χ2n) is 4.01. The predicted octanol–water partition coefficient (Wildman–Crippen LogP) is 2.84. The van der Waals surface area contributed by atoms with E-state index in [1.54, 1.807) is 0 Å². The molecule has 1 heterocycles. The summed E-state index contributed by atoms with van der Waals surface area (Å²) in [6.45, 7) is 4.54. The molecule has 0 aliphatic rings. The van der Waals surface area contributed by atoms with Crippen LogP contribution in [0.3, 0.4) is 0 Å². The van der Waals surface area contributed by atoms with Gasteiger partial charge in [-0.25, -0.2) is 0 Å². The summed E-state index contributed by atoms with van der Waals surface area (Å²) in [6, 6.07) is 7.89. The van der Waals surface area contributed by atoms with Crippen molar-refractivity contribution in [3.05, 3.63) is 48.7 Å². The molecule has 3 nitrogen and oxygen atoms in total. The van der Waals surface area contributed by atoms with Gasteiger partial charge in [0.2, 0.25) is 0 Å². The van der Waals surface area contributed by atoms with Crippen molar-refractivity contribution >= 4 is 16.9 Å². The van der Waals surface area contributed by atoms with Crippen LogP contribution in [-0.2, 0) is 17.8 Å². The van der Waals surface area contributed by atoms with Gasteiger partial charge in [0.1, 0.15) is 0 Å². The van der Waals surface area contributed by atoms with Gasteiger partial charge >= 0.3 is 5.97 Å². The number of benzene rings is 1. The highest BCUT2D eigenvalue weighted by molar-refractivity contribution is 5.87. The minimum absolute atomic E-state index is 0.0710. The van der Waals surface area contributed by atoms with E-state index >= 15 is 0 Å². The summed E-state index contributed by atoms with van der Waals surface area (Å²) in [5.74, 6) is -0.795. The number of allylic oxidation sites excluding steroid dienone is 1. The number of aromatic nitrogens is 1. The van der Waals surface area contributed by atoms with Gasteiger partial charge in [-0.2, -0.15) is 0 Å².